The fourth-order valence-corrected chi connectivity index (χ4v) is 3.23. The summed E-state index contributed by atoms with van der Waals surface area (Å²) in [7, 11) is 3.78. The average molecular weight is 348 g/mol. The second-order valence-corrected chi connectivity index (χ2v) is 6.44. The zero-order valence-electron chi connectivity index (χ0n) is 14.0. The molecule has 0 aromatic carbocycles. The van der Waals surface area contributed by atoms with E-state index in [0.29, 0.717) is 36.9 Å². The van der Waals surface area contributed by atoms with Gasteiger partial charge in [-0.25, -0.2) is 9.97 Å². The van der Waals surface area contributed by atoms with Crippen molar-refractivity contribution in [3.05, 3.63) is 28.5 Å². The van der Waals surface area contributed by atoms with Crippen LogP contribution in [0.4, 0.5) is 5.95 Å². The number of morpholine rings is 1. The standard InChI is InChI=1S/C15H20N6O2S/c1-4-10-13(24-19-18-10)14(22)21-7-8-23-12(9-21)11-5-6-16-15(17-11)20(2)3/h5-6,12H,4,7-9H2,1-3H3/t12-/m1/s1. The molecule has 1 saturated heterocycles. The molecule has 9 heteroatoms. The van der Waals surface area contributed by atoms with Crippen molar-refractivity contribution in [2.24, 2.45) is 0 Å². The normalized spacial score (nSPS) is 17.8. The highest BCUT2D eigenvalue weighted by atomic mass is 32.1. The second kappa shape index (κ2) is 7.18. The van der Waals surface area contributed by atoms with Crippen LogP contribution in [0, 0.1) is 0 Å². The van der Waals surface area contributed by atoms with Crippen LogP contribution in [0.5, 0.6) is 0 Å². The van der Waals surface area contributed by atoms with E-state index in [4.69, 9.17) is 4.74 Å². The predicted octanol–water partition coefficient (Wildman–Crippen LogP) is 1.17. The van der Waals surface area contributed by atoms with Gasteiger partial charge in [-0.2, -0.15) is 0 Å². The fraction of sp³-hybridized carbons (Fsp3) is 0.533. The maximum Gasteiger partial charge on any atom is 0.267 e. The van der Waals surface area contributed by atoms with Gasteiger partial charge in [-0.05, 0) is 24.0 Å². The molecule has 0 radical (unpaired) electrons. The molecule has 128 valence electrons. The number of amides is 1. The molecule has 0 N–H and O–H groups in total. The third-order valence-electron chi connectivity index (χ3n) is 3.83. The summed E-state index contributed by atoms with van der Waals surface area (Å²) in [5.41, 5.74) is 1.54. The van der Waals surface area contributed by atoms with Gasteiger partial charge in [0.05, 0.1) is 24.5 Å². The minimum atomic E-state index is -0.254. The molecule has 1 atom stereocenters. The third-order valence-corrected chi connectivity index (χ3v) is 4.59. The number of nitrogens with zero attached hydrogens (tertiary/aromatic N) is 6. The lowest BCUT2D eigenvalue weighted by atomic mass is 10.2. The number of anilines is 1. The summed E-state index contributed by atoms with van der Waals surface area (Å²) >= 11 is 1.15. The van der Waals surface area contributed by atoms with Crippen LogP contribution >= 0.6 is 11.5 Å². The molecule has 2 aromatic rings. The van der Waals surface area contributed by atoms with Crippen LogP contribution in [0.15, 0.2) is 12.3 Å². The number of carbonyl (C=O) groups is 1. The van der Waals surface area contributed by atoms with E-state index in [-0.39, 0.29) is 12.0 Å². The van der Waals surface area contributed by atoms with Gasteiger partial charge in [0.25, 0.3) is 5.91 Å². The summed E-state index contributed by atoms with van der Waals surface area (Å²) in [6.07, 6.45) is 2.16. The van der Waals surface area contributed by atoms with E-state index >= 15 is 0 Å². The van der Waals surface area contributed by atoms with Gasteiger partial charge in [0.15, 0.2) is 0 Å². The Morgan fingerprint density at radius 2 is 2.33 bits per heavy atom. The molecule has 24 heavy (non-hydrogen) atoms. The quantitative estimate of drug-likeness (QED) is 0.820. The molecule has 2 aromatic heterocycles. The third kappa shape index (κ3) is 3.36. The number of aromatic nitrogens is 4. The zero-order valence-corrected chi connectivity index (χ0v) is 14.8. The van der Waals surface area contributed by atoms with E-state index in [1.54, 1.807) is 11.1 Å². The number of rotatable bonds is 4. The van der Waals surface area contributed by atoms with Crippen molar-refractivity contribution in [1.29, 1.82) is 0 Å². The van der Waals surface area contributed by atoms with Crippen LogP contribution in [-0.2, 0) is 11.2 Å². The molecule has 3 rings (SSSR count). The molecule has 1 aliphatic rings. The van der Waals surface area contributed by atoms with Gasteiger partial charge < -0.3 is 14.5 Å². The summed E-state index contributed by atoms with van der Waals surface area (Å²) in [4.78, 5) is 25.7. The lowest BCUT2D eigenvalue weighted by molar-refractivity contribution is -0.0246. The van der Waals surface area contributed by atoms with Crippen molar-refractivity contribution in [2.45, 2.75) is 19.4 Å². The average Bonchev–Trinajstić information content (AvgIpc) is 3.10. The summed E-state index contributed by atoms with van der Waals surface area (Å²) in [5, 5.41) is 4.02. The lowest BCUT2D eigenvalue weighted by Crippen LogP contribution is -2.42. The summed E-state index contributed by atoms with van der Waals surface area (Å²) < 4.78 is 9.73. The minimum absolute atomic E-state index is 0.0305. The van der Waals surface area contributed by atoms with Crippen LogP contribution in [0.3, 0.4) is 0 Å². The molecule has 3 heterocycles. The maximum atomic E-state index is 12.8. The number of aryl methyl sites for hydroxylation is 1. The Labute approximate surface area is 144 Å². The number of hydrogen-bond acceptors (Lipinski definition) is 8. The Morgan fingerprint density at radius 1 is 1.50 bits per heavy atom. The molecule has 0 saturated carbocycles. The monoisotopic (exact) mass is 348 g/mol. The first-order valence-electron chi connectivity index (χ1n) is 7.82. The van der Waals surface area contributed by atoms with Crippen molar-refractivity contribution in [2.75, 3.05) is 38.7 Å². The van der Waals surface area contributed by atoms with E-state index in [1.807, 2.05) is 32.0 Å². The van der Waals surface area contributed by atoms with Gasteiger partial charge >= 0.3 is 0 Å². The zero-order chi connectivity index (χ0) is 17.1. The van der Waals surface area contributed by atoms with Crippen LogP contribution in [0.1, 0.15) is 34.1 Å². The second-order valence-electron chi connectivity index (χ2n) is 5.69. The largest absolute Gasteiger partial charge is 0.368 e. The molecule has 1 aliphatic heterocycles. The Balaban J connectivity index is 1.77. The molecule has 0 bridgehead atoms. The van der Waals surface area contributed by atoms with E-state index in [0.717, 1.165) is 22.9 Å². The van der Waals surface area contributed by atoms with Gasteiger partial charge in [0, 0.05) is 26.8 Å². The molecule has 0 unspecified atom stereocenters. The Morgan fingerprint density at radius 3 is 3.08 bits per heavy atom. The van der Waals surface area contributed by atoms with Crippen molar-refractivity contribution < 1.29 is 9.53 Å². The number of hydrogen-bond donors (Lipinski definition) is 0. The van der Waals surface area contributed by atoms with Gasteiger partial charge in [-0.3, -0.25) is 4.79 Å². The van der Waals surface area contributed by atoms with Gasteiger partial charge in [0.1, 0.15) is 11.0 Å². The first kappa shape index (κ1) is 16.7. The van der Waals surface area contributed by atoms with Crippen molar-refractivity contribution in [3.63, 3.8) is 0 Å². The highest BCUT2D eigenvalue weighted by molar-refractivity contribution is 7.08. The first-order chi connectivity index (χ1) is 11.6. The van der Waals surface area contributed by atoms with E-state index < -0.39 is 0 Å². The smallest absolute Gasteiger partial charge is 0.267 e. The van der Waals surface area contributed by atoms with Gasteiger partial charge in [-0.15, -0.1) is 5.10 Å². The van der Waals surface area contributed by atoms with E-state index in [1.165, 1.54) is 0 Å². The van der Waals surface area contributed by atoms with Crippen LogP contribution < -0.4 is 4.90 Å². The Hall–Kier alpha value is -2.13. The van der Waals surface area contributed by atoms with Gasteiger partial charge in [0.2, 0.25) is 5.95 Å². The molecule has 1 fully saturated rings. The molecule has 1 amide bonds. The summed E-state index contributed by atoms with van der Waals surface area (Å²) in [6, 6.07) is 1.83. The van der Waals surface area contributed by atoms with E-state index in [9.17, 15) is 4.79 Å². The predicted molar refractivity (Wildman–Crippen MR) is 90.2 cm³/mol. The van der Waals surface area contributed by atoms with Crippen LogP contribution in [-0.4, -0.2) is 64.2 Å². The highest BCUT2D eigenvalue weighted by Crippen LogP contribution is 2.24. The van der Waals surface area contributed by atoms with Crippen LogP contribution in [0.25, 0.3) is 0 Å². The molecular weight excluding hydrogens is 328 g/mol. The molecule has 0 aliphatic carbocycles. The highest BCUT2D eigenvalue weighted by Gasteiger charge is 2.29. The van der Waals surface area contributed by atoms with Crippen molar-refractivity contribution in [1.82, 2.24) is 24.5 Å². The first-order valence-corrected chi connectivity index (χ1v) is 8.59. The SMILES string of the molecule is CCc1nnsc1C(=O)N1CCO[C@@H](c2ccnc(N(C)C)n2)C1. The Bertz CT molecular complexity index is 719. The number of carbonyl (C=O) groups excluding carboxylic acids is 1. The van der Waals surface area contributed by atoms with Crippen LogP contribution in [0.2, 0.25) is 0 Å². The topological polar surface area (TPSA) is 84.3 Å². The lowest BCUT2D eigenvalue weighted by Gasteiger charge is -2.32. The minimum Gasteiger partial charge on any atom is -0.368 e. The maximum absolute atomic E-state index is 12.8. The van der Waals surface area contributed by atoms with E-state index in [2.05, 4.69) is 19.6 Å². The van der Waals surface area contributed by atoms with Gasteiger partial charge in [-0.1, -0.05) is 11.4 Å². The number of ether oxygens (including phenoxy) is 1. The van der Waals surface area contributed by atoms with Crippen molar-refractivity contribution in [3.8, 4) is 0 Å². The summed E-state index contributed by atoms with van der Waals surface area (Å²) in [5.74, 6) is 0.594. The summed E-state index contributed by atoms with van der Waals surface area (Å²) in [6.45, 7) is 3.47. The Kier molecular flexibility index (Phi) is 5.00. The molecule has 8 nitrogen and oxygen atoms in total. The molecular formula is C15H20N6O2S. The fourth-order valence-electron chi connectivity index (χ4n) is 2.52. The molecule has 0 spiro atoms. The van der Waals surface area contributed by atoms with Crippen molar-refractivity contribution >= 4 is 23.4 Å².